The first kappa shape index (κ1) is 35.1. The fourth-order valence-corrected chi connectivity index (χ4v) is 5.43. The highest BCUT2D eigenvalue weighted by Crippen LogP contribution is 2.20. The third-order valence-corrected chi connectivity index (χ3v) is 7.95. The Morgan fingerprint density at radius 2 is 1.49 bits per heavy atom. The summed E-state index contributed by atoms with van der Waals surface area (Å²) in [7, 11) is 0. The van der Waals surface area contributed by atoms with E-state index in [4.69, 9.17) is 9.84 Å². The van der Waals surface area contributed by atoms with Gasteiger partial charge in [0.1, 0.15) is 11.6 Å². The Morgan fingerprint density at radius 3 is 2.05 bits per heavy atom. The van der Waals surface area contributed by atoms with Crippen LogP contribution in [0.25, 0.3) is 0 Å². The molecule has 1 aromatic heterocycles. The Bertz CT molecular complexity index is 911. The van der Waals surface area contributed by atoms with Crippen LogP contribution in [-0.2, 0) is 20.7 Å². The van der Waals surface area contributed by atoms with Gasteiger partial charge >= 0.3 is 6.09 Å². The van der Waals surface area contributed by atoms with Gasteiger partial charge in [-0.3, -0.25) is 9.59 Å². The van der Waals surface area contributed by atoms with Crippen LogP contribution in [0.5, 0.6) is 0 Å². The summed E-state index contributed by atoms with van der Waals surface area (Å²) in [6.45, 7) is 7.82. The molecule has 2 amide bonds. The van der Waals surface area contributed by atoms with Crippen molar-refractivity contribution in [1.82, 2.24) is 24.8 Å². The van der Waals surface area contributed by atoms with Crippen LogP contribution in [0.1, 0.15) is 110 Å². The van der Waals surface area contributed by atoms with Crippen molar-refractivity contribution >= 4 is 29.5 Å². The molecular weight excluding hydrogens is 542 g/mol. The molecule has 0 radical (unpaired) electrons. The number of rotatable bonds is 19. The number of nitrogens with zero attached hydrogens (tertiary/aromatic N) is 5. The van der Waals surface area contributed by atoms with Crippen LogP contribution in [0.15, 0.2) is 6.20 Å². The number of thioether (sulfide) groups is 1. The third kappa shape index (κ3) is 14.1. The third-order valence-electron chi connectivity index (χ3n) is 7.31. The Balaban J connectivity index is 1.49. The first-order valence-corrected chi connectivity index (χ1v) is 16.8. The lowest BCUT2D eigenvalue weighted by Gasteiger charge is -2.35. The van der Waals surface area contributed by atoms with Crippen molar-refractivity contribution in [3.05, 3.63) is 11.9 Å². The van der Waals surface area contributed by atoms with E-state index in [2.05, 4.69) is 10.3 Å². The number of hydrogen-bond donors (Lipinski definition) is 1. The van der Waals surface area contributed by atoms with Crippen molar-refractivity contribution in [2.75, 3.05) is 44.8 Å². The highest BCUT2D eigenvalue weighted by atomic mass is 32.2. The van der Waals surface area contributed by atoms with Crippen LogP contribution in [0, 0.1) is 0 Å². The lowest BCUT2D eigenvalue weighted by molar-refractivity contribution is -0.133. The van der Waals surface area contributed by atoms with Gasteiger partial charge in [-0.2, -0.15) is 11.8 Å². The number of ether oxygens (including phenoxy) is 1. The maximum Gasteiger partial charge on any atom is 0.410 e. The summed E-state index contributed by atoms with van der Waals surface area (Å²) < 4.78 is 7.11. The molecule has 2 rings (SSSR count). The number of carbonyl (C=O) groups excluding carboxylic acids is 3. The van der Waals surface area contributed by atoms with Gasteiger partial charge in [0, 0.05) is 58.2 Å². The summed E-state index contributed by atoms with van der Waals surface area (Å²) >= 11 is 1.73. The molecule has 0 spiro atoms. The molecule has 1 saturated heterocycles. The van der Waals surface area contributed by atoms with Gasteiger partial charge in [-0.15, -0.1) is 5.10 Å². The minimum atomic E-state index is -0.506. The number of aliphatic hydroxyl groups is 1. The molecule has 0 bridgehead atoms. The number of piperazine rings is 1. The van der Waals surface area contributed by atoms with Crippen molar-refractivity contribution in [2.24, 2.45) is 0 Å². The van der Waals surface area contributed by atoms with Gasteiger partial charge in [0.25, 0.3) is 0 Å². The molecule has 0 aromatic carbocycles. The van der Waals surface area contributed by atoms with Crippen molar-refractivity contribution in [3.8, 4) is 0 Å². The molecule has 1 aromatic rings. The first-order valence-electron chi connectivity index (χ1n) is 15.4. The molecule has 0 aliphatic carbocycles. The van der Waals surface area contributed by atoms with Crippen LogP contribution >= 0.6 is 11.8 Å². The van der Waals surface area contributed by atoms with Crippen molar-refractivity contribution in [1.29, 1.82) is 0 Å². The molecule has 2 heterocycles. The zero-order valence-corrected chi connectivity index (χ0v) is 26.6. The minimum Gasteiger partial charge on any atom is -0.444 e. The number of Topliss-reactive ketones (excluding diaryl/α,β-unsaturated/α-hetero) is 1. The quantitative estimate of drug-likeness (QED) is 0.221. The highest BCUT2D eigenvalue weighted by molar-refractivity contribution is 7.98. The average molecular weight is 596 g/mol. The predicted molar refractivity (Wildman–Crippen MR) is 163 cm³/mol. The molecule has 11 heteroatoms. The normalized spacial score (nSPS) is 14.8. The fourth-order valence-electron chi connectivity index (χ4n) is 4.97. The summed E-state index contributed by atoms with van der Waals surface area (Å²) in [6.07, 6.45) is 15.7. The Labute approximate surface area is 250 Å². The van der Waals surface area contributed by atoms with Crippen molar-refractivity contribution < 1.29 is 24.2 Å². The van der Waals surface area contributed by atoms with Crippen LogP contribution in [-0.4, -0.2) is 98.1 Å². The largest absolute Gasteiger partial charge is 0.444 e. The molecule has 0 unspecified atom stereocenters. The maximum atomic E-state index is 12.9. The summed E-state index contributed by atoms with van der Waals surface area (Å²) in [5.74, 6) is 1.31. The Morgan fingerprint density at radius 1 is 0.927 bits per heavy atom. The number of aromatic nitrogens is 3. The molecule has 41 heavy (non-hydrogen) atoms. The van der Waals surface area contributed by atoms with Gasteiger partial charge in [0.2, 0.25) is 5.91 Å². The van der Waals surface area contributed by atoms with Crippen LogP contribution < -0.4 is 0 Å². The van der Waals surface area contributed by atoms with E-state index in [1.165, 1.54) is 19.3 Å². The number of amides is 2. The lowest BCUT2D eigenvalue weighted by Crippen LogP contribution is -2.51. The van der Waals surface area contributed by atoms with Crippen LogP contribution in [0.2, 0.25) is 0 Å². The van der Waals surface area contributed by atoms with E-state index < -0.39 is 5.60 Å². The first-order chi connectivity index (χ1) is 19.6. The van der Waals surface area contributed by atoms with Gasteiger partial charge in [0.05, 0.1) is 5.69 Å². The molecular formula is C30H53N5O5S. The smallest absolute Gasteiger partial charge is 0.410 e. The number of hydrogen-bond acceptors (Lipinski definition) is 8. The summed E-state index contributed by atoms with van der Waals surface area (Å²) in [5, 5.41) is 17.3. The summed E-state index contributed by atoms with van der Waals surface area (Å²) in [5.41, 5.74) is 0.213. The van der Waals surface area contributed by atoms with E-state index in [0.29, 0.717) is 45.4 Å². The van der Waals surface area contributed by atoms with E-state index in [0.717, 1.165) is 56.4 Å². The topological polar surface area (TPSA) is 118 Å². The lowest BCUT2D eigenvalue weighted by atomic mass is 10.0. The number of ketones is 1. The zero-order chi connectivity index (χ0) is 30.1. The second kappa shape index (κ2) is 19.1. The number of aliphatic hydroxyl groups excluding tert-OH is 1. The van der Waals surface area contributed by atoms with Gasteiger partial charge in [-0.25, -0.2) is 9.48 Å². The Kier molecular flexibility index (Phi) is 16.4. The highest BCUT2D eigenvalue weighted by Gasteiger charge is 2.27. The van der Waals surface area contributed by atoms with E-state index in [1.54, 1.807) is 27.5 Å². The van der Waals surface area contributed by atoms with Gasteiger partial charge in [-0.1, -0.05) is 50.2 Å². The number of unbranched alkanes of at least 4 members (excludes halogenated alkanes) is 8. The van der Waals surface area contributed by atoms with Crippen molar-refractivity contribution in [2.45, 2.75) is 116 Å². The monoisotopic (exact) mass is 595 g/mol. The molecule has 1 atom stereocenters. The summed E-state index contributed by atoms with van der Waals surface area (Å²) in [6, 6.07) is -0.267. The predicted octanol–water partition coefficient (Wildman–Crippen LogP) is 5.05. The molecule has 10 nitrogen and oxygen atoms in total. The second-order valence-electron chi connectivity index (χ2n) is 12.0. The van der Waals surface area contributed by atoms with Crippen LogP contribution in [0.4, 0.5) is 4.79 Å². The van der Waals surface area contributed by atoms with E-state index in [-0.39, 0.29) is 30.4 Å². The SMILES string of the molecule is CSCC[C@@H](C(=O)CCCCCCCCCCCC(=O)N1CCN(C(=O)OC(C)(C)C)CC1)n1cc(CCO)nn1. The van der Waals surface area contributed by atoms with Gasteiger partial charge in [0.15, 0.2) is 5.78 Å². The van der Waals surface area contributed by atoms with Crippen molar-refractivity contribution in [3.63, 3.8) is 0 Å². The molecule has 0 saturated carbocycles. The molecule has 234 valence electrons. The Hall–Kier alpha value is -2.14. The van der Waals surface area contributed by atoms with E-state index >= 15 is 0 Å². The average Bonchev–Trinajstić information content (AvgIpc) is 3.39. The van der Waals surface area contributed by atoms with Gasteiger partial charge in [-0.05, 0) is 52.0 Å². The molecule has 1 N–H and O–H groups in total. The number of carbonyl (C=O) groups is 3. The fraction of sp³-hybridized carbons (Fsp3) is 0.833. The molecule has 1 fully saturated rings. The second-order valence-corrected chi connectivity index (χ2v) is 12.9. The van der Waals surface area contributed by atoms with E-state index in [1.807, 2.05) is 31.9 Å². The molecule has 1 aliphatic heterocycles. The molecule has 1 aliphatic rings. The summed E-state index contributed by atoms with van der Waals surface area (Å²) in [4.78, 5) is 41.2. The minimum absolute atomic E-state index is 0.0273. The standard InChI is InChI=1S/C30H53N5O5S/c1-30(2,3)40-29(39)34-20-18-33(19-21-34)28(38)15-13-11-9-7-5-6-8-10-12-14-27(37)26(17-23-41-4)35-24-25(16-22-36)31-32-35/h24,26,36H,5-23H2,1-4H3/t26-/m0/s1. The zero-order valence-electron chi connectivity index (χ0n) is 25.8. The van der Waals surface area contributed by atoms with Crippen LogP contribution in [0.3, 0.4) is 0 Å². The van der Waals surface area contributed by atoms with Gasteiger partial charge < -0.3 is 19.6 Å². The maximum absolute atomic E-state index is 12.9. The van der Waals surface area contributed by atoms with E-state index in [9.17, 15) is 14.4 Å².